The second-order valence-electron chi connectivity index (χ2n) is 6.07. The van der Waals surface area contributed by atoms with Gasteiger partial charge in [-0.1, -0.05) is 12.5 Å². The van der Waals surface area contributed by atoms with Crippen molar-refractivity contribution in [1.29, 1.82) is 5.26 Å². The number of hydrogen-bond acceptors (Lipinski definition) is 4. The summed E-state index contributed by atoms with van der Waals surface area (Å²) in [5.74, 6) is 0.336. The molecule has 1 aliphatic carbocycles. The highest BCUT2D eigenvalue weighted by atomic mass is 16.1. The molecule has 1 saturated carbocycles. The van der Waals surface area contributed by atoms with Crippen LogP contribution in [0, 0.1) is 23.7 Å². The van der Waals surface area contributed by atoms with Gasteiger partial charge < -0.3 is 5.32 Å². The molecule has 0 aliphatic heterocycles. The van der Waals surface area contributed by atoms with Crippen LogP contribution in [0.5, 0.6) is 0 Å². The van der Waals surface area contributed by atoms with Gasteiger partial charge in [-0.15, -0.1) is 0 Å². The van der Waals surface area contributed by atoms with Crippen LogP contribution in [0.3, 0.4) is 0 Å². The lowest BCUT2D eigenvalue weighted by molar-refractivity contribution is -0.118. The van der Waals surface area contributed by atoms with Crippen molar-refractivity contribution in [1.82, 2.24) is 9.97 Å². The Kier molecular flexibility index (Phi) is 4.07. The monoisotopic (exact) mass is 306 g/mol. The third kappa shape index (κ3) is 3.21. The first kappa shape index (κ1) is 15.2. The van der Waals surface area contributed by atoms with Crippen molar-refractivity contribution in [3.8, 4) is 17.3 Å². The molecule has 1 amide bonds. The van der Waals surface area contributed by atoms with Crippen LogP contribution in [0.4, 0.5) is 5.82 Å². The smallest absolute Gasteiger partial charge is 0.227 e. The zero-order chi connectivity index (χ0) is 16.3. The Labute approximate surface area is 135 Å². The van der Waals surface area contributed by atoms with Crippen molar-refractivity contribution >= 4 is 11.7 Å². The highest BCUT2D eigenvalue weighted by Gasteiger charge is 2.39. The van der Waals surface area contributed by atoms with Gasteiger partial charge in [0.25, 0.3) is 0 Å². The minimum Gasteiger partial charge on any atom is -0.311 e. The average molecular weight is 306 g/mol. The van der Waals surface area contributed by atoms with E-state index in [0.29, 0.717) is 5.82 Å². The number of carbonyl (C=O) groups is 1. The van der Waals surface area contributed by atoms with Crippen LogP contribution < -0.4 is 5.32 Å². The van der Waals surface area contributed by atoms with Crippen molar-refractivity contribution in [2.45, 2.75) is 32.6 Å². The molecule has 1 aliphatic rings. The molecule has 3 rings (SSSR count). The molecule has 0 bridgehead atoms. The Balaban J connectivity index is 1.76. The van der Waals surface area contributed by atoms with Crippen molar-refractivity contribution < 1.29 is 4.79 Å². The zero-order valence-electron chi connectivity index (χ0n) is 13.0. The van der Waals surface area contributed by atoms with Gasteiger partial charge >= 0.3 is 0 Å². The van der Waals surface area contributed by atoms with Crippen molar-refractivity contribution in [3.05, 3.63) is 42.2 Å². The standard InChI is InChI=1S/C18H18N4O/c1-13-11-21-16(9-14(13)15-5-2-3-8-20-15)22-17(23)10-18(12-19)6-4-7-18/h2-3,5,8-9,11H,4,6-7,10H2,1H3,(H,21,22,23). The molecule has 5 nitrogen and oxygen atoms in total. The summed E-state index contributed by atoms with van der Waals surface area (Å²) in [6.07, 6.45) is 6.32. The number of carbonyl (C=O) groups excluding carboxylic acids is 1. The van der Waals surface area contributed by atoms with Gasteiger partial charge in [0.1, 0.15) is 5.82 Å². The fraction of sp³-hybridized carbons (Fsp3) is 0.333. The van der Waals surface area contributed by atoms with E-state index >= 15 is 0 Å². The van der Waals surface area contributed by atoms with E-state index in [-0.39, 0.29) is 12.3 Å². The Morgan fingerprint density at radius 2 is 2.22 bits per heavy atom. The summed E-state index contributed by atoms with van der Waals surface area (Å²) < 4.78 is 0. The second-order valence-corrected chi connectivity index (χ2v) is 6.07. The molecular weight excluding hydrogens is 288 g/mol. The summed E-state index contributed by atoms with van der Waals surface area (Å²) in [7, 11) is 0. The maximum atomic E-state index is 12.2. The van der Waals surface area contributed by atoms with E-state index in [1.165, 1.54) is 0 Å². The minimum absolute atomic E-state index is 0.158. The molecule has 1 fully saturated rings. The minimum atomic E-state index is -0.474. The molecule has 0 radical (unpaired) electrons. The predicted octanol–water partition coefficient (Wildman–Crippen LogP) is 3.47. The van der Waals surface area contributed by atoms with Crippen LogP contribution in [-0.2, 0) is 4.79 Å². The number of nitrogens with one attached hydrogen (secondary N) is 1. The van der Waals surface area contributed by atoms with E-state index in [9.17, 15) is 10.1 Å². The lowest BCUT2D eigenvalue weighted by atomic mass is 9.68. The van der Waals surface area contributed by atoms with Crippen LogP contribution in [0.15, 0.2) is 36.7 Å². The first-order chi connectivity index (χ1) is 11.1. The number of nitrogens with zero attached hydrogens (tertiary/aromatic N) is 3. The van der Waals surface area contributed by atoms with E-state index in [2.05, 4.69) is 21.4 Å². The summed E-state index contributed by atoms with van der Waals surface area (Å²) in [4.78, 5) is 20.8. The number of rotatable bonds is 4. The van der Waals surface area contributed by atoms with Crippen LogP contribution in [0.25, 0.3) is 11.3 Å². The predicted molar refractivity (Wildman–Crippen MR) is 87.3 cm³/mol. The third-order valence-electron chi connectivity index (χ3n) is 4.36. The molecule has 0 spiro atoms. The fourth-order valence-electron chi connectivity index (χ4n) is 2.82. The molecule has 23 heavy (non-hydrogen) atoms. The fourth-order valence-corrected chi connectivity index (χ4v) is 2.82. The van der Waals surface area contributed by atoms with Crippen LogP contribution >= 0.6 is 0 Å². The maximum Gasteiger partial charge on any atom is 0.227 e. The van der Waals surface area contributed by atoms with Gasteiger partial charge in [0.15, 0.2) is 0 Å². The van der Waals surface area contributed by atoms with Crippen LogP contribution in [0.2, 0.25) is 0 Å². The van der Waals surface area contributed by atoms with E-state index in [1.807, 2.05) is 31.2 Å². The van der Waals surface area contributed by atoms with Crippen molar-refractivity contribution in [2.75, 3.05) is 5.32 Å². The number of hydrogen-bond donors (Lipinski definition) is 1. The molecule has 0 atom stereocenters. The summed E-state index contributed by atoms with van der Waals surface area (Å²) in [5.41, 5.74) is 2.30. The van der Waals surface area contributed by atoms with Gasteiger partial charge in [-0.3, -0.25) is 9.78 Å². The molecule has 2 aromatic heterocycles. The Morgan fingerprint density at radius 1 is 1.39 bits per heavy atom. The lowest BCUT2D eigenvalue weighted by Crippen LogP contribution is -2.32. The largest absolute Gasteiger partial charge is 0.311 e. The highest BCUT2D eigenvalue weighted by Crippen LogP contribution is 2.43. The topological polar surface area (TPSA) is 78.7 Å². The molecule has 0 saturated heterocycles. The number of amides is 1. The quantitative estimate of drug-likeness (QED) is 0.938. The van der Waals surface area contributed by atoms with Crippen LogP contribution in [0.1, 0.15) is 31.2 Å². The molecular formula is C18H18N4O. The van der Waals surface area contributed by atoms with Gasteiger partial charge in [-0.25, -0.2) is 4.98 Å². The van der Waals surface area contributed by atoms with Gasteiger partial charge in [0.2, 0.25) is 5.91 Å². The number of pyridine rings is 2. The van der Waals surface area contributed by atoms with Gasteiger partial charge in [0.05, 0.1) is 17.2 Å². The van der Waals surface area contributed by atoms with Gasteiger partial charge in [-0.05, 0) is 43.5 Å². The highest BCUT2D eigenvalue weighted by molar-refractivity contribution is 5.91. The van der Waals surface area contributed by atoms with Gasteiger partial charge in [0, 0.05) is 24.4 Å². The third-order valence-corrected chi connectivity index (χ3v) is 4.36. The first-order valence-electron chi connectivity index (χ1n) is 7.71. The Bertz CT molecular complexity index is 760. The molecule has 0 aromatic carbocycles. The van der Waals surface area contributed by atoms with Crippen LogP contribution in [-0.4, -0.2) is 15.9 Å². The number of aromatic nitrogens is 2. The normalized spacial score (nSPS) is 15.3. The average Bonchev–Trinajstić information content (AvgIpc) is 2.53. The second kappa shape index (κ2) is 6.17. The Hall–Kier alpha value is -2.74. The first-order valence-corrected chi connectivity index (χ1v) is 7.71. The van der Waals surface area contributed by atoms with E-state index in [4.69, 9.17) is 0 Å². The molecule has 1 N–H and O–H groups in total. The van der Waals surface area contributed by atoms with E-state index in [0.717, 1.165) is 36.1 Å². The van der Waals surface area contributed by atoms with Crippen molar-refractivity contribution in [3.63, 3.8) is 0 Å². The van der Waals surface area contributed by atoms with Gasteiger partial charge in [-0.2, -0.15) is 5.26 Å². The molecule has 2 heterocycles. The maximum absolute atomic E-state index is 12.2. The zero-order valence-corrected chi connectivity index (χ0v) is 13.0. The van der Waals surface area contributed by atoms with Crippen molar-refractivity contribution in [2.24, 2.45) is 5.41 Å². The summed E-state index contributed by atoms with van der Waals surface area (Å²) in [6, 6.07) is 9.83. The number of aryl methyl sites for hydroxylation is 1. The molecule has 116 valence electrons. The van der Waals surface area contributed by atoms with E-state index in [1.54, 1.807) is 12.4 Å². The molecule has 0 unspecified atom stereocenters. The number of nitriles is 1. The Morgan fingerprint density at radius 3 is 2.83 bits per heavy atom. The summed E-state index contributed by atoms with van der Waals surface area (Å²) in [6.45, 7) is 1.96. The molecule has 5 heteroatoms. The summed E-state index contributed by atoms with van der Waals surface area (Å²) in [5, 5.41) is 12.0. The van der Waals surface area contributed by atoms with E-state index < -0.39 is 5.41 Å². The SMILES string of the molecule is Cc1cnc(NC(=O)CC2(C#N)CCC2)cc1-c1ccccn1. The number of anilines is 1. The lowest BCUT2D eigenvalue weighted by Gasteiger charge is -2.34. The summed E-state index contributed by atoms with van der Waals surface area (Å²) >= 11 is 0. The molecule has 2 aromatic rings.